The summed E-state index contributed by atoms with van der Waals surface area (Å²) < 4.78 is 0. The molecule has 90 valence electrons. The molecule has 3 heteroatoms. The van der Waals surface area contributed by atoms with E-state index in [9.17, 15) is 0 Å². The Balaban J connectivity index is 2.66. The molecular formula is C13H21ClN2. The summed E-state index contributed by atoms with van der Waals surface area (Å²) in [6.45, 7) is 7.51. The van der Waals surface area contributed by atoms with Crippen molar-refractivity contribution in [2.24, 2.45) is 0 Å². The van der Waals surface area contributed by atoms with Crippen molar-refractivity contribution in [3.05, 3.63) is 29.0 Å². The lowest BCUT2D eigenvalue weighted by Crippen LogP contribution is -2.43. The molecule has 0 amide bonds. The number of halogens is 1. The van der Waals surface area contributed by atoms with Gasteiger partial charge in [0.25, 0.3) is 0 Å². The Bertz CT molecular complexity index is 313. The third-order valence-corrected chi connectivity index (χ3v) is 3.88. The van der Waals surface area contributed by atoms with Crippen LogP contribution in [0.3, 0.4) is 0 Å². The summed E-state index contributed by atoms with van der Waals surface area (Å²) in [6, 6.07) is 1.97. The third-order valence-electron chi connectivity index (χ3n) is 3.54. The van der Waals surface area contributed by atoms with Gasteiger partial charge in [-0.2, -0.15) is 0 Å². The van der Waals surface area contributed by atoms with Gasteiger partial charge in [-0.3, -0.25) is 4.98 Å². The average Bonchev–Trinajstić information content (AvgIpc) is 2.34. The van der Waals surface area contributed by atoms with Crippen LogP contribution in [0.15, 0.2) is 18.5 Å². The zero-order valence-electron chi connectivity index (χ0n) is 10.4. The van der Waals surface area contributed by atoms with Crippen LogP contribution in [0.25, 0.3) is 0 Å². The molecule has 0 fully saturated rings. The van der Waals surface area contributed by atoms with Gasteiger partial charge in [-0.1, -0.05) is 32.4 Å². The maximum absolute atomic E-state index is 6.08. The summed E-state index contributed by atoms with van der Waals surface area (Å²) in [5.41, 5.74) is 1.36. The lowest BCUT2D eigenvalue weighted by Gasteiger charge is -2.32. The highest BCUT2D eigenvalue weighted by Crippen LogP contribution is 2.21. The molecule has 16 heavy (non-hydrogen) atoms. The zero-order valence-corrected chi connectivity index (χ0v) is 11.1. The topological polar surface area (TPSA) is 24.9 Å². The number of hydrogen-bond donors (Lipinski definition) is 1. The van der Waals surface area contributed by atoms with Crippen molar-refractivity contribution in [2.75, 3.05) is 0 Å². The molecule has 0 saturated carbocycles. The fraction of sp³-hybridized carbons (Fsp3) is 0.615. The molecule has 0 aromatic carbocycles. The Morgan fingerprint density at radius 1 is 1.25 bits per heavy atom. The van der Waals surface area contributed by atoms with E-state index in [0.717, 1.165) is 36.4 Å². The highest BCUT2D eigenvalue weighted by atomic mass is 35.5. The van der Waals surface area contributed by atoms with Crippen LogP contribution in [0.4, 0.5) is 0 Å². The van der Waals surface area contributed by atoms with Gasteiger partial charge in [0.05, 0.1) is 5.02 Å². The molecule has 0 aliphatic heterocycles. The van der Waals surface area contributed by atoms with Crippen LogP contribution >= 0.6 is 11.6 Å². The first-order chi connectivity index (χ1) is 7.67. The molecule has 1 aromatic rings. The standard InChI is InChI=1S/C13H21ClN2/c1-4-13(5-2,6-3)16-9-11-7-8-15-10-12(11)14/h7-8,10,16H,4-6,9H2,1-3H3. The second kappa shape index (κ2) is 6.21. The van der Waals surface area contributed by atoms with Crippen molar-refractivity contribution in [1.29, 1.82) is 0 Å². The fourth-order valence-electron chi connectivity index (χ4n) is 1.96. The molecule has 0 radical (unpaired) electrons. The fourth-order valence-corrected chi connectivity index (χ4v) is 2.14. The number of nitrogens with zero attached hydrogens (tertiary/aromatic N) is 1. The van der Waals surface area contributed by atoms with Gasteiger partial charge in [0, 0.05) is 24.5 Å². The van der Waals surface area contributed by atoms with Gasteiger partial charge in [0.15, 0.2) is 0 Å². The normalized spacial score (nSPS) is 11.8. The maximum Gasteiger partial charge on any atom is 0.0634 e. The molecule has 0 unspecified atom stereocenters. The highest BCUT2D eigenvalue weighted by molar-refractivity contribution is 6.31. The minimum absolute atomic E-state index is 0.243. The number of hydrogen-bond acceptors (Lipinski definition) is 2. The van der Waals surface area contributed by atoms with Crippen LogP contribution in [0, 0.1) is 0 Å². The maximum atomic E-state index is 6.08. The van der Waals surface area contributed by atoms with Crippen molar-refractivity contribution >= 4 is 11.6 Å². The molecule has 0 aliphatic carbocycles. The first kappa shape index (κ1) is 13.5. The number of pyridine rings is 1. The molecule has 1 heterocycles. The lowest BCUT2D eigenvalue weighted by atomic mass is 9.89. The van der Waals surface area contributed by atoms with Gasteiger partial charge in [-0.05, 0) is 30.9 Å². The van der Waals surface area contributed by atoms with Crippen LogP contribution in [-0.4, -0.2) is 10.5 Å². The van der Waals surface area contributed by atoms with Crippen LogP contribution in [-0.2, 0) is 6.54 Å². The van der Waals surface area contributed by atoms with Gasteiger partial charge in [0.1, 0.15) is 0 Å². The van der Waals surface area contributed by atoms with E-state index in [1.807, 2.05) is 6.07 Å². The van der Waals surface area contributed by atoms with E-state index in [1.54, 1.807) is 12.4 Å². The highest BCUT2D eigenvalue weighted by Gasteiger charge is 2.22. The first-order valence-corrected chi connectivity index (χ1v) is 6.38. The van der Waals surface area contributed by atoms with Crippen LogP contribution < -0.4 is 5.32 Å². The minimum atomic E-state index is 0.243. The molecule has 2 nitrogen and oxygen atoms in total. The Labute approximate surface area is 103 Å². The Morgan fingerprint density at radius 3 is 2.38 bits per heavy atom. The van der Waals surface area contributed by atoms with Gasteiger partial charge < -0.3 is 5.32 Å². The molecule has 1 aromatic heterocycles. The van der Waals surface area contributed by atoms with Crippen LogP contribution in [0.1, 0.15) is 45.6 Å². The summed E-state index contributed by atoms with van der Waals surface area (Å²) in [4.78, 5) is 3.99. The second-order valence-electron chi connectivity index (χ2n) is 4.16. The van der Waals surface area contributed by atoms with Crippen molar-refractivity contribution in [1.82, 2.24) is 10.3 Å². The van der Waals surface area contributed by atoms with Gasteiger partial charge in [-0.25, -0.2) is 0 Å². The molecule has 0 bridgehead atoms. The summed E-state index contributed by atoms with van der Waals surface area (Å²) in [7, 11) is 0. The van der Waals surface area contributed by atoms with E-state index in [4.69, 9.17) is 11.6 Å². The van der Waals surface area contributed by atoms with E-state index in [-0.39, 0.29) is 5.54 Å². The van der Waals surface area contributed by atoms with Crippen molar-refractivity contribution in [2.45, 2.75) is 52.1 Å². The van der Waals surface area contributed by atoms with E-state index in [1.165, 1.54) is 0 Å². The van der Waals surface area contributed by atoms with Gasteiger partial charge >= 0.3 is 0 Å². The molecule has 0 saturated heterocycles. The second-order valence-corrected chi connectivity index (χ2v) is 4.57. The van der Waals surface area contributed by atoms with Crippen LogP contribution in [0.5, 0.6) is 0 Å². The van der Waals surface area contributed by atoms with Gasteiger partial charge in [0.2, 0.25) is 0 Å². The number of nitrogens with one attached hydrogen (secondary N) is 1. The quantitative estimate of drug-likeness (QED) is 0.818. The smallest absolute Gasteiger partial charge is 0.0634 e. The molecular weight excluding hydrogens is 220 g/mol. The number of aromatic nitrogens is 1. The lowest BCUT2D eigenvalue weighted by molar-refractivity contribution is 0.288. The molecule has 0 atom stereocenters. The third kappa shape index (κ3) is 3.19. The summed E-state index contributed by atoms with van der Waals surface area (Å²) in [6.07, 6.45) is 6.91. The average molecular weight is 241 g/mol. The molecule has 0 spiro atoms. The minimum Gasteiger partial charge on any atom is -0.307 e. The van der Waals surface area contributed by atoms with E-state index in [2.05, 4.69) is 31.1 Å². The largest absolute Gasteiger partial charge is 0.307 e. The zero-order chi connectivity index (χ0) is 12.0. The van der Waals surface area contributed by atoms with E-state index >= 15 is 0 Å². The van der Waals surface area contributed by atoms with Gasteiger partial charge in [-0.15, -0.1) is 0 Å². The first-order valence-electron chi connectivity index (χ1n) is 6.01. The SMILES string of the molecule is CCC(CC)(CC)NCc1ccncc1Cl. The summed E-state index contributed by atoms with van der Waals surface area (Å²) in [5.74, 6) is 0. The Hall–Kier alpha value is -0.600. The van der Waals surface area contributed by atoms with E-state index in [0.29, 0.717) is 0 Å². The number of rotatable bonds is 6. The molecule has 0 aliphatic rings. The van der Waals surface area contributed by atoms with E-state index < -0.39 is 0 Å². The predicted octanol–water partition coefficient (Wildman–Crippen LogP) is 3.79. The monoisotopic (exact) mass is 240 g/mol. The Morgan fingerprint density at radius 2 is 1.88 bits per heavy atom. The Kier molecular flexibility index (Phi) is 5.23. The van der Waals surface area contributed by atoms with Crippen molar-refractivity contribution in [3.8, 4) is 0 Å². The molecule has 1 N–H and O–H groups in total. The predicted molar refractivity (Wildman–Crippen MR) is 69.7 cm³/mol. The van der Waals surface area contributed by atoms with Crippen LogP contribution in [0.2, 0.25) is 5.02 Å². The summed E-state index contributed by atoms with van der Waals surface area (Å²) >= 11 is 6.08. The van der Waals surface area contributed by atoms with Crippen molar-refractivity contribution in [3.63, 3.8) is 0 Å². The van der Waals surface area contributed by atoms with Crippen molar-refractivity contribution < 1.29 is 0 Å². The molecule has 1 rings (SSSR count). The summed E-state index contributed by atoms with van der Waals surface area (Å²) in [5, 5.41) is 4.37.